The molecule has 0 heterocycles. The van der Waals surface area contributed by atoms with Crippen LogP contribution in [0.4, 0.5) is 4.79 Å². The Morgan fingerprint density at radius 1 is 0.410 bits per heavy atom. The zero-order valence-electron chi connectivity index (χ0n) is 54.9. The third-order valence-electron chi connectivity index (χ3n) is 14.6. The van der Waals surface area contributed by atoms with Crippen molar-refractivity contribution in [3.8, 4) is 11.1 Å². The molecule has 41 heteroatoms. The molecule has 0 saturated heterocycles. The highest BCUT2D eigenvalue weighted by molar-refractivity contribution is 5.99. The number of hydrazine groups is 1. The molecule has 548 valence electrons. The second kappa shape index (κ2) is 43.4. The molecule has 0 spiro atoms. The van der Waals surface area contributed by atoms with Gasteiger partial charge in [0.15, 0.2) is 11.9 Å². The predicted octanol–water partition coefficient (Wildman–Crippen LogP) is -9.93. The molecule has 3 rings (SSSR count). The number of hydrogen-bond donors (Lipinski definition) is 24. The summed E-state index contributed by atoms with van der Waals surface area (Å²) in [6.07, 6.45) is -3.07. The number of nitrogens with one attached hydrogen (secondary N) is 17. The van der Waals surface area contributed by atoms with Gasteiger partial charge in [0.2, 0.25) is 88.6 Å². The van der Waals surface area contributed by atoms with E-state index in [4.69, 9.17) is 55.8 Å². The minimum absolute atomic E-state index is 0.000911. The van der Waals surface area contributed by atoms with Crippen molar-refractivity contribution in [3.05, 3.63) is 59.7 Å². The van der Waals surface area contributed by atoms with Crippen LogP contribution >= 0.6 is 0 Å². The van der Waals surface area contributed by atoms with E-state index in [2.05, 4.69) is 79.9 Å². The zero-order valence-corrected chi connectivity index (χ0v) is 54.9. The van der Waals surface area contributed by atoms with Gasteiger partial charge in [-0.25, -0.2) is 4.79 Å². The quantitative estimate of drug-likeness (QED) is 0.00962. The number of primary amides is 4. The van der Waals surface area contributed by atoms with Crippen LogP contribution in [0.5, 0.6) is 0 Å². The summed E-state index contributed by atoms with van der Waals surface area (Å²) in [5.74, 6) is -10.7. The lowest BCUT2D eigenvalue weighted by Gasteiger charge is -2.24. The predicted molar refractivity (Wildman–Crippen MR) is 354 cm³/mol. The Kier molecular flexibility index (Phi) is 35.8. The van der Waals surface area contributed by atoms with Crippen LogP contribution < -0.4 is 120 Å². The Bertz CT molecular complexity index is 3260. The molecular weight excluding hydrogens is 1320 g/mol. The van der Waals surface area contributed by atoms with Gasteiger partial charge in [0, 0.05) is 32.0 Å². The first-order valence-corrected chi connectivity index (χ1v) is 31.4. The van der Waals surface area contributed by atoms with Crippen LogP contribution in [-0.2, 0) is 76.7 Å². The van der Waals surface area contributed by atoms with Gasteiger partial charge in [0.25, 0.3) is 0 Å². The van der Waals surface area contributed by atoms with Crippen molar-refractivity contribution < 1.29 is 81.4 Å². The molecule has 7 atom stereocenters. The number of benzene rings is 2. The minimum Gasteiger partial charge on any atom is -0.449 e. The second-order valence-electron chi connectivity index (χ2n) is 22.6. The van der Waals surface area contributed by atoms with E-state index in [9.17, 15) is 76.7 Å². The van der Waals surface area contributed by atoms with Crippen LogP contribution in [0.25, 0.3) is 11.1 Å². The lowest BCUT2D eigenvalue weighted by atomic mass is 9.98. The molecule has 16 amide bonds. The standard InChI is InChI=1S/C59H90N24O17/c1-30(77-55(97)40(22-43(61)85)80-49(91)27-75-59(99)100-29-35-33-12-4-2-10-31(33)32-11-3-5-13-34(32)35)51(93)82-38(16-9-21-71-58(66)67)53(95)73-25-47(89)79-37(15-8-20-70-57(64)65)52(94)72-26-48(90)81-41(23-44(62)86)56(98)83-39(17-18-42(60)84)54(96)74-24-46(88)78-36(50(63)92)14-6-7-19-69-45(87)28-76-68/h2-5,10-13,30,35-41,76H,6-9,14-29,68H2,1H3,(H2,60,84)(H2,61,85)(H2,62,86)(H2,63,92)(H,69,87)(H,72,94)(H,73,95)(H,74,96)(H,75,99)(H,77,97)(H,78,88)(H,79,89)(H,80,91)(H,81,90)(H,82,93)(H,83,98)(H4,64,65,70)(H4,66,67,71)/t30-,36-,37-,38-,39-,40-,41-/m0/s1. The Morgan fingerprint density at radius 3 is 1.26 bits per heavy atom. The van der Waals surface area contributed by atoms with Crippen molar-refractivity contribution in [2.24, 2.45) is 40.2 Å². The molecule has 0 saturated carbocycles. The Morgan fingerprint density at radius 2 is 0.810 bits per heavy atom. The van der Waals surface area contributed by atoms with E-state index in [0.717, 1.165) is 22.3 Å². The maximum atomic E-state index is 13.7. The van der Waals surface area contributed by atoms with Crippen LogP contribution in [0.2, 0.25) is 0 Å². The molecule has 0 fully saturated rings. The van der Waals surface area contributed by atoms with E-state index < -0.39 is 195 Å². The summed E-state index contributed by atoms with van der Waals surface area (Å²) in [6, 6.07) is 4.46. The van der Waals surface area contributed by atoms with Crippen molar-refractivity contribution in [3.63, 3.8) is 0 Å². The first-order valence-electron chi connectivity index (χ1n) is 31.4. The lowest BCUT2D eigenvalue weighted by Crippen LogP contribution is -2.57. The number of carbonyl (C=O) groups is 16. The molecule has 0 aromatic heterocycles. The van der Waals surface area contributed by atoms with Crippen LogP contribution in [-0.4, -0.2) is 208 Å². The Hall–Kier alpha value is -11.8. The number of guanidine groups is 2. The SMILES string of the molecule is C[C@H](NC(=O)[C@H](CC(N)=O)NC(=O)CNC(=O)OCC1c2ccccc2-c2ccccc21)C(=O)N[C@@H](CCCNC(=N)N)C(=O)NCC(=O)N[C@@H](CCCNC(=N)N)C(=O)NCC(=O)N[C@@H](CC(N)=O)C(=O)N[C@@H](CCC(N)=O)C(=O)NCC(=O)N[C@@H](CCCCNC(=O)CNN)C(N)=O. The third-order valence-corrected chi connectivity index (χ3v) is 14.6. The Labute approximate surface area is 572 Å². The molecule has 41 nitrogen and oxygen atoms in total. The third kappa shape index (κ3) is 31.4. The molecule has 0 radical (unpaired) electrons. The fourth-order valence-corrected chi connectivity index (χ4v) is 9.72. The maximum absolute atomic E-state index is 13.7. The number of hydrogen-bond acceptors (Lipinski definition) is 21. The maximum Gasteiger partial charge on any atom is 0.407 e. The van der Waals surface area contributed by atoms with Gasteiger partial charge >= 0.3 is 6.09 Å². The summed E-state index contributed by atoms with van der Waals surface area (Å²) >= 11 is 0. The molecule has 0 unspecified atom stereocenters. The summed E-state index contributed by atoms with van der Waals surface area (Å²) in [7, 11) is 0. The first-order chi connectivity index (χ1) is 47.4. The van der Waals surface area contributed by atoms with Gasteiger partial charge in [-0.1, -0.05) is 48.5 Å². The highest BCUT2D eigenvalue weighted by Gasteiger charge is 2.33. The van der Waals surface area contributed by atoms with Crippen molar-refractivity contribution >= 4 is 107 Å². The summed E-state index contributed by atoms with van der Waals surface area (Å²) < 4.78 is 5.45. The normalized spacial score (nSPS) is 13.2. The summed E-state index contributed by atoms with van der Waals surface area (Å²) in [4.78, 5) is 206. The van der Waals surface area contributed by atoms with Gasteiger partial charge in [-0.3, -0.25) is 94.0 Å². The van der Waals surface area contributed by atoms with Crippen LogP contribution in [0.1, 0.15) is 94.6 Å². The smallest absolute Gasteiger partial charge is 0.407 e. The number of rotatable bonds is 46. The second-order valence-corrected chi connectivity index (χ2v) is 22.6. The van der Waals surface area contributed by atoms with Gasteiger partial charge in [-0.2, -0.15) is 0 Å². The largest absolute Gasteiger partial charge is 0.449 e. The fourth-order valence-electron chi connectivity index (χ4n) is 9.72. The number of ether oxygens (including phenoxy) is 1. The molecule has 31 N–H and O–H groups in total. The van der Waals surface area contributed by atoms with Gasteiger partial charge in [-0.05, 0) is 80.5 Å². The van der Waals surface area contributed by atoms with E-state index in [1.807, 2.05) is 48.5 Å². The topological polar surface area (TPSA) is 693 Å². The number of unbranched alkanes of at least 4 members (excludes halogenated alkanes) is 1. The summed E-state index contributed by atoms with van der Waals surface area (Å²) in [5.41, 5.74) is 38.3. The zero-order chi connectivity index (χ0) is 74.4. The molecule has 2 aromatic rings. The number of alkyl carbamates (subject to hydrolysis) is 1. The molecule has 0 aliphatic heterocycles. The molecular formula is C59H90N24O17. The lowest BCUT2D eigenvalue weighted by molar-refractivity contribution is -0.135. The van der Waals surface area contributed by atoms with Crippen LogP contribution in [0.3, 0.4) is 0 Å². The Balaban J connectivity index is 1.63. The van der Waals surface area contributed by atoms with E-state index in [0.29, 0.717) is 12.8 Å². The number of carbonyl (C=O) groups excluding carboxylic acids is 16. The van der Waals surface area contributed by atoms with Crippen molar-refractivity contribution in [1.82, 2.24) is 79.9 Å². The van der Waals surface area contributed by atoms with E-state index in [1.165, 1.54) is 6.92 Å². The van der Waals surface area contributed by atoms with Crippen LogP contribution in [0, 0.1) is 10.8 Å². The number of nitrogens with two attached hydrogens (primary N) is 7. The first kappa shape index (κ1) is 82.5. The molecule has 1 aliphatic carbocycles. The average molecular weight is 1410 g/mol. The number of amides is 16. The van der Waals surface area contributed by atoms with Gasteiger partial charge in [-0.15, -0.1) is 0 Å². The molecule has 2 aromatic carbocycles. The van der Waals surface area contributed by atoms with E-state index in [1.54, 1.807) is 0 Å². The monoisotopic (exact) mass is 1410 g/mol. The highest BCUT2D eigenvalue weighted by Crippen LogP contribution is 2.44. The van der Waals surface area contributed by atoms with Crippen molar-refractivity contribution in [1.29, 1.82) is 10.8 Å². The minimum atomic E-state index is -1.84. The summed E-state index contributed by atoms with van der Waals surface area (Å²) in [5, 5.41) is 47.8. The van der Waals surface area contributed by atoms with Crippen molar-refractivity contribution in [2.75, 3.05) is 59.0 Å². The van der Waals surface area contributed by atoms with Crippen LogP contribution in [0.15, 0.2) is 48.5 Å². The van der Waals surface area contributed by atoms with Gasteiger partial charge in [0.05, 0.1) is 39.0 Å². The fraction of sp³-hybridized carbons (Fsp3) is 0.492. The van der Waals surface area contributed by atoms with E-state index >= 15 is 0 Å². The van der Waals surface area contributed by atoms with Gasteiger partial charge in [0.1, 0.15) is 55.4 Å². The molecule has 0 bridgehead atoms. The number of fused-ring (bicyclic) bond motifs is 3. The molecule has 100 heavy (non-hydrogen) atoms. The molecule has 1 aliphatic rings. The average Bonchev–Trinajstić information content (AvgIpc) is 1.62. The van der Waals surface area contributed by atoms with E-state index in [-0.39, 0.29) is 76.7 Å². The summed E-state index contributed by atoms with van der Waals surface area (Å²) in [6.45, 7) is -2.04. The highest BCUT2D eigenvalue weighted by atomic mass is 16.5. The van der Waals surface area contributed by atoms with Crippen molar-refractivity contribution in [2.45, 2.75) is 126 Å². The van der Waals surface area contributed by atoms with Gasteiger partial charge < -0.3 is 114 Å².